The van der Waals surface area contributed by atoms with Crippen LogP contribution in [0.25, 0.3) is 0 Å². The van der Waals surface area contributed by atoms with E-state index in [9.17, 15) is 0 Å². The van der Waals surface area contributed by atoms with Crippen LogP contribution in [0.1, 0.15) is 5.56 Å². The van der Waals surface area contributed by atoms with Gasteiger partial charge < -0.3 is 24.3 Å². The van der Waals surface area contributed by atoms with E-state index in [0.717, 1.165) is 5.56 Å². The maximum Gasteiger partial charge on any atom is 0.433 e. The summed E-state index contributed by atoms with van der Waals surface area (Å²) in [7, 11) is 0. The Morgan fingerprint density at radius 3 is 2.13 bits per heavy atom. The molecule has 15 heavy (non-hydrogen) atoms. The number of phenolic OH excluding ortho intramolecular Hbond substituents is 2. The van der Waals surface area contributed by atoms with Crippen molar-refractivity contribution in [2.24, 2.45) is 5.73 Å². The van der Waals surface area contributed by atoms with Gasteiger partial charge in [-0.25, -0.2) is 0 Å². The van der Waals surface area contributed by atoms with Gasteiger partial charge in [-0.3, -0.25) is 0 Å². The molecule has 1 aromatic carbocycles. The number of rotatable bonds is 2. The molecule has 7 heteroatoms. The van der Waals surface area contributed by atoms with Gasteiger partial charge in [0.15, 0.2) is 11.5 Å². The molecule has 0 amide bonds. The monoisotopic (exact) mass is 281 g/mol. The van der Waals surface area contributed by atoms with Gasteiger partial charge in [0.2, 0.25) is 0 Å². The minimum Gasteiger partial charge on any atom is -0.504 e. The van der Waals surface area contributed by atoms with Gasteiger partial charge in [0.05, 0.1) is 0 Å². The minimum absolute atomic E-state index is 0.0871. The van der Waals surface area contributed by atoms with Gasteiger partial charge in [0, 0.05) is 0 Å². The van der Waals surface area contributed by atoms with Crippen molar-refractivity contribution in [1.29, 1.82) is 0 Å². The zero-order valence-corrected chi connectivity index (χ0v) is 9.35. The van der Waals surface area contributed by atoms with Crippen molar-refractivity contribution >= 4 is 0 Å². The van der Waals surface area contributed by atoms with Gasteiger partial charge in [-0.1, -0.05) is 6.07 Å². The van der Waals surface area contributed by atoms with Crippen molar-refractivity contribution in [3.05, 3.63) is 23.8 Å². The molecule has 0 unspecified atom stereocenters. The predicted octanol–water partition coefficient (Wildman–Crippen LogP) is -2.34. The van der Waals surface area contributed by atoms with Crippen molar-refractivity contribution in [2.75, 3.05) is 6.54 Å². The van der Waals surface area contributed by atoms with E-state index < -0.39 is 14.8 Å². The van der Waals surface area contributed by atoms with E-state index in [1.54, 1.807) is 6.07 Å². The van der Waals surface area contributed by atoms with Crippen LogP contribution < -0.4 is 14.1 Å². The highest BCUT2D eigenvalue weighted by Crippen LogP contribution is 2.24. The Morgan fingerprint density at radius 2 is 1.73 bits per heavy atom. The summed E-state index contributed by atoms with van der Waals surface area (Å²) in [5.41, 5.74) is 6.24. The zero-order valence-electron chi connectivity index (χ0n) is 7.76. The van der Waals surface area contributed by atoms with Crippen LogP contribution in [-0.2, 0) is 6.42 Å². The number of aromatic hydroxyl groups is 2. The molecule has 0 heterocycles. The van der Waals surface area contributed by atoms with E-state index in [-0.39, 0.29) is 11.5 Å². The Balaban J connectivity index is 0.000000423. The van der Waals surface area contributed by atoms with Crippen molar-refractivity contribution in [1.82, 2.24) is 0 Å². The maximum absolute atomic E-state index is 9.04. The molecule has 5 N–H and O–H groups in total. The highest BCUT2D eigenvalue weighted by molar-refractivity contribution is 5.40. The van der Waals surface area contributed by atoms with Crippen LogP contribution in [0.5, 0.6) is 11.5 Å². The van der Waals surface area contributed by atoms with E-state index in [1.807, 2.05) is 0 Å². The number of halogens is 1. The molecule has 0 aliphatic carbocycles. The van der Waals surface area contributed by atoms with Gasteiger partial charge in [0.25, 0.3) is 0 Å². The molecule has 0 aromatic heterocycles. The van der Waals surface area contributed by atoms with Gasteiger partial charge in [-0.05, 0) is 34.9 Å². The van der Waals surface area contributed by atoms with Crippen LogP contribution in [0.3, 0.4) is 0 Å². The third kappa shape index (κ3) is 7.11. The summed E-state index contributed by atoms with van der Waals surface area (Å²) in [5.74, 6) is -0.179. The molecule has 0 atom stereocenters. The molecule has 1 rings (SSSR count). The molecule has 86 valence electrons. The Labute approximate surface area is 92.0 Å². The van der Waals surface area contributed by atoms with Crippen LogP contribution in [0.4, 0.5) is 0 Å². The van der Waals surface area contributed by atoms with Crippen molar-refractivity contribution in [2.45, 2.75) is 6.42 Å². The number of hydrogen-bond donors (Lipinski definition) is 4. The lowest BCUT2D eigenvalue weighted by Crippen LogP contribution is -2.30. The van der Waals surface area contributed by atoms with Gasteiger partial charge in [-0.2, -0.15) is 0 Å². The zero-order chi connectivity index (χ0) is 11.8. The third-order valence-electron chi connectivity index (χ3n) is 1.47. The summed E-state index contributed by atoms with van der Waals surface area (Å²) in [6, 6.07) is 4.71. The van der Waals surface area contributed by atoms with E-state index >= 15 is 0 Å². The van der Waals surface area contributed by atoms with Crippen LogP contribution in [0.2, 0.25) is 0 Å². The summed E-state index contributed by atoms with van der Waals surface area (Å²) in [6.45, 7) is 0.546. The molecule has 0 aliphatic heterocycles. The molecule has 0 fully saturated rings. The molecule has 0 saturated carbocycles. The summed E-state index contributed by atoms with van der Waals surface area (Å²) in [5, 5.41) is 18.0. The second kappa shape index (κ2) is 7.43. The average molecular weight is 282 g/mol. The highest BCUT2D eigenvalue weighted by Gasteiger charge is 1.98. The summed E-state index contributed by atoms with van der Waals surface area (Å²) < 4.78 is 24.3. The molecular weight excluding hydrogens is 270 g/mol. The first-order valence-electron chi connectivity index (χ1n) is 3.92. The number of benzene rings is 1. The average Bonchev–Trinajstić information content (AvgIpc) is 2.11. The first-order valence-corrected chi connectivity index (χ1v) is 5.93. The van der Waals surface area contributed by atoms with Crippen LogP contribution in [0, 0.1) is 14.8 Å². The quantitative estimate of drug-likeness (QED) is 0.449. The van der Waals surface area contributed by atoms with E-state index in [1.165, 1.54) is 12.1 Å². The van der Waals surface area contributed by atoms with Crippen molar-refractivity contribution in [3.63, 3.8) is 0 Å². The summed E-state index contributed by atoms with van der Waals surface area (Å²) in [4.78, 5) is 0. The van der Waals surface area contributed by atoms with E-state index in [2.05, 4.69) is 0 Å². The van der Waals surface area contributed by atoms with E-state index in [0.29, 0.717) is 13.0 Å². The lowest BCUT2D eigenvalue weighted by molar-refractivity contribution is -1.63. The third-order valence-corrected chi connectivity index (χ3v) is 1.47. The molecule has 0 aliphatic rings. The lowest BCUT2D eigenvalue weighted by atomic mass is 10.1. The molecule has 0 saturated heterocycles. The SMILES string of the molecule is NCCc1ccc(O)c(O)c1.[O-][Br+2]([O-])O. The molecule has 0 radical (unpaired) electrons. The first kappa shape index (κ1) is 14.1. The normalized spacial score (nSPS) is 9.67. The van der Waals surface area contributed by atoms with Crippen molar-refractivity contribution in [3.8, 4) is 11.5 Å². The van der Waals surface area contributed by atoms with Crippen molar-refractivity contribution < 1.29 is 37.6 Å². The predicted molar refractivity (Wildman–Crippen MR) is 44.7 cm³/mol. The van der Waals surface area contributed by atoms with Gasteiger partial charge in [-0.15, -0.1) is 0 Å². The fraction of sp³-hybridized carbons (Fsp3) is 0.250. The lowest BCUT2D eigenvalue weighted by Gasteiger charge is -2.00. The Hall–Kier alpha value is -0.860. The number of hydrogen-bond acceptors (Lipinski definition) is 6. The molecule has 6 nitrogen and oxygen atoms in total. The largest absolute Gasteiger partial charge is 0.504 e. The smallest absolute Gasteiger partial charge is 0.433 e. The fourth-order valence-electron chi connectivity index (χ4n) is 0.891. The molecule has 0 spiro atoms. The second-order valence-electron chi connectivity index (χ2n) is 2.56. The molecular formula is C8H12BrNO5. The number of phenols is 2. The maximum atomic E-state index is 9.04. The minimum atomic E-state index is -3.40. The Morgan fingerprint density at radius 1 is 1.20 bits per heavy atom. The molecule has 0 bridgehead atoms. The Bertz CT molecular complexity index is 292. The first-order chi connectivity index (χ1) is 6.97. The van der Waals surface area contributed by atoms with Crippen LogP contribution >= 0.6 is 0 Å². The van der Waals surface area contributed by atoms with Gasteiger partial charge >= 0.3 is 14.8 Å². The van der Waals surface area contributed by atoms with E-state index in [4.69, 9.17) is 28.5 Å². The van der Waals surface area contributed by atoms with Crippen LogP contribution in [0.15, 0.2) is 18.2 Å². The standard InChI is InChI=1S/C8H11NO2.BrHO3/c9-4-3-6-1-2-7(10)8(11)5-6;2-1(3)4/h1-2,5,10-11H,3-4,9H2;2H. The summed E-state index contributed by atoms with van der Waals surface area (Å²) >= 11 is -3.40. The number of nitrogens with two attached hydrogens (primary N) is 1. The van der Waals surface area contributed by atoms with Gasteiger partial charge in [0.1, 0.15) is 0 Å². The molecule has 1 aromatic rings. The highest BCUT2D eigenvalue weighted by atomic mass is 80.0. The second-order valence-corrected chi connectivity index (χ2v) is 3.41. The van der Waals surface area contributed by atoms with Crippen LogP contribution in [-0.4, -0.2) is 21.0 Å². The summed E-state index contributed by atoms with van der Waals surface area (Å²) in [6.07, 6.45) is 0.716. The Kier molecular flexibility index (Phi) is 7.01. The fourth-order valence-corrected chi connectivity index (χ4v) is 0.891. The topological polar surface area (TPSA) is 133 Å².